The lowest BCUT2D eigenvalue weighted by atomic mass is 10.1. The van der Waals surface area contributed by atoms with Crippen LogP contribution in [0.5, 0.6) is 0 Å². The molecule has 0 spiro atoms. The lowest BCUT2D eigenvalue weighted by Gasteiger charge is -2.33. The van der Waals surface area contributed by atoms with Crippen molar-refractivity contribution in [3.05, 3.63) is 30.1 Å². The molecule has 2 amide bonds. The number of likely N-dealkylation sites (tertiary alicyclic amines) is 2. The number of aliphatic hydroxyl groups is 1. The molecule has 3 atom stereocenters. The maximum Gasteiger partial charge on any atom is 0.320 e. The van der Waals surface area contributed by atoms with Gasteiger partial charge in [0.05, 0.1) is 22.2 Å². The highest BCUT2D eigenvalue weighted by Gasteiger charge is 2.34. The summed E-state index contributed by atoms with van der Waals surface area (Å²) in [6.07, 6.45) is 1.78. The molecule has 0 bridgehead atoms. The summed E-state index contributed by atoms with van der Waals surface area (Å²) in [6, 6.07) is 5.61. The van der Waals surface area contributed by atoms with Crippen LogP contribution in [0.4, 0.5) is 9.18 Å². The van der Waals surface area contributed by atoms with Crippen LogP contribution in [0.2, 0.25) is 0 Å². The number of carbonyl (C=O) groups is 1. The zero-order chi connectivity index (χ0) is 16.4. The Hall–Kier alpha value is -1.47. The normalized spacial score (nSPS) is 26.3. The van der Waals surface area contributed by atoms with Crippen molar-refractivity contribution in [1.82, 2.24) is 9.80 Å². The van der Waals surface area contributed by atoms with Crippen LogP contribution in [0.3, 0.4) is 0 Å². The number of carbonyl (C=O) groups excluding carboxylic acids is 1. The first kappa shape index (κ1) is 16.4. The molecule has 2 aliphatic rings. The Labute approximate surface area is 137 Å². The molecule has 7 heteroatoms. The number of hydrogen-bond donors (Lipinski definition) is 1. The molecule has 5 nitrogen and oxygen atoms in total. The van der Waals surface area contributed by atoms with Gasteiger partial charge in [-0.2, -0.15) is 0 Å². The largest absolute Gasteiger partial charge is 0.391 e. The van der Waals surface area contributed by atoms with Crippen molar-refractivity contribution in [2.45, 2.75) is 35.5 Å². The Kier molecular flexibility index (Phi) is 4.96. The van der Waals surface area contributed by atoms with E-state index in [4.69, 9.17) is 0 Å². The van der Waals surface area contributed by atoms with Crippen LogP contribution in [-0.2, 0) is 10.8 Å². The second-order valence-electron chi connectivity index (χ2n) is 6.13. The van der Waals surface area contributed by atoms with Crippen LogP contribution < -0.4 is 0 Å². The summed E-state index contributed by atoms with van der Waals surface area (Å²) in [7, 11) is -1.24. The summed E-state index contributed by atoms with van der Waals surface area (Å²) < 4.78 is 25.5. The average molecular weight is 340 g/mol. The maximum atomic E-state index is 13.0. The van der Waals surface area contributed by atoms with E-state index >= 15 is 0 Å². The zero-order valence-corrected chi connectivity index (χ0v) is 13.7. The number of amides is 2. The molecule has 2 fully saturated rings. The number of β-amino-alcohol motifs (C(OH)–C–C–N with tert-alkyl or cyclic N) is 1. The summed E-state index contributed by atoms with van der Waals surface area (Å²) in [5.74, 6) is -0.349. The molecule has 3 unspecified atom stereocenters. The second-order valence-corrected chi connectivity index (χ2v) is 7.87. The summed E-state index contributed by atoms with van der Waals surface area (Å²) in [6.45, 7) is 2.05. The minimum absolute atomic E-state index is 0.0812. The van der Waals surface area contributed by atoms with Crippen molar-refractivity contribution in [3.63, 3.8) is 0 Å². The van der Waals surface area contributed by atoms with Crippen LogP contribution in [0.25, 0.3) is 0 Å². The quantitative estimate of drug-likeness (QED) is 0.889. The molecule has 2 heterocycles. The van der Waals surface area contributed by atoms with Crippen LogP contribution >= 0.6 is 0 Å². The average Bonchev–Trinajstić information content (AvgIpc) is 3.04. The standard InChI is InChI=1S/C16H21FN2O3S/c17-12-3-5-14(6-4-12)23(22)15-7-9-19(11-15)16(21)18-8-1-2-13(20)10-18/h3-6,13,15,20H,1-2,7-11H2. The number of urea groups is 1. The van der Waals surface area contributed by atoms with Gasteiger partial charge >= 0.3 is 6.03 Å². The highest BCUT2D eigenvalue weighted by Crippen LogP contribution is 2.22. The Morgan fingerprint density at radius 3 is 2.52 bits per heavy atom. The van der Waals surface area contributed by atoms with Gasteiger partial charge in [-0.1, -0.05) is 0 Å². The molecule has 1 aromatic carbocycles. The van der Waals surface area contributed by atoms with E-state index in [0.29, 0.717) is 37.5 Å². The van der Waals surface area contributed by atoms with Gasteiger partial charge < -0.3 is 14.9 Å². The zero-order valence-electron chi connectivity index (χ0n) is 12.9. The number of aliphatic hydroxyl groups excluding tert-OH is 1. The van der Waals surface area contributed by atoms with Crippen molar-refractivity contribution in [2.24, 2.45) is 0 Å². The van der Waals surface area contributed by atoms with Gasteiger partial charge in [0, 0.05) is 31.1 Å². The van der Waals surface area contributed by atoms with Gasteiger partial charge in [0.2, 0.25) is 0 Å². The molecule has 0 saturated carbocycles. The van der Waals surface area contributed by atoms with E-state index in [1.54, 1.807) is 9.80 Å². The van der Waals surface area contributed by atoms with Gasteiger partial charge in [0.25, 0.3) is 0 Å². The second kappa shape index (κ2) is 6.97. The fourth-order valence-electron chi connectivity index (χ4n) is 3.17. The number of nitrogens with zero attached hydrogens (tertiary/aromatic N) is 2. The van der Waals surface area contributed by atoms with Crippen LogP contribution in [0.1, 0.15) is 19.3 Å². The van der Waals surface area contributed by atoms with Gasteiger partial charge in [-0.05, 0) is 43.5 Å². The molecule has 0 aliphatic carbocycles. The first-order chi connectivity index (χ1) is 11.0. The number of benzene rings is 1. The molecule has 0 aromatic heterocycles. The van der Waals surface area contributed by atoms with Crippen LogP contribution in [0.15, 0.2) is 29.2 Å². The van der Waals surface area contributed by atoms with Gasteiger partial charge in [-0.3, -0.25) is 4.21 Å². The Balaban J connectivity index is 1.60. The minimum atomic E-state index is -1.24. The van der Waals surface area contributed by atoms with Gasteiger partial charge in [-0.15, -0.1) is 0 Å². The molecule has 2 saturated heterocycles. The highest BCUT2D eigenvalue weighted by atomic mass is 32.2. The van der Waals surface area contributed by atoms with E-state index in [1.165, 1.54) is 24.3 Å². The van der Waals surface area contributed by atoms with Crippen molar-refractivity contribution in [3.8, 4) is 0 Å². The molecular weight excluding hydrogens is 319 g/mol. The summed E-state index contributed by atoms with van der Waals surface area (Å²) in [5.41, 5.74) is 0. The summed E-state index contributed by atoms with van der Waals surface area (Å²) in [4.78, 5) is 16.5. The topological polar surface area (TPSA) is 60.9 Å². The van der Waals surface area contributed by atoms with E-state index in [1.807, 2.05) is 0 Å². The highest BCUT2D eigenvalue weighted by molar-refractivity contribution is 7.85. The molecule has 1 aromatic rings. The summed E-state index contributed by atoms with van der Waals surface area (Å²) >= 11 is 0. The lowest BCUT2D eigenvalue weighted by molar-refractivity contribution is 0.0737. The molecule has 3 rings (SSSR count). The van der Waals surface area contributed by atoms with E-state index in [-0.39, 0.29) is 17.1 Å². The fourth-order valence-corrected chi connectivity index (χ4v) is 4.59. The van der Waals surface area contributed by atoms with Crippen LogP contribution in [0, 0.1) is 5.82 Å². The Morgan fingerprint density at radius 2 is 1.83 bits per heavy atom. The van der Waals surface area contributed by atoms with Crippen molar-refractivity contribution in [1.29, 1.82) is 0 Å². The van der Waals surface area contributed by atoms with E-state index in [9.17, 15) is 18.5 Å². The predicted octanol–water partition coefficient (Wildman–Crippen LogP) is 1.58. The number of hydrogen-bond acceptors (Lipinski definition) is 3. The summed E-state index contributed by atoms with van der Waals surface area (Å²) in [5, 5.41) is 9.57. The van der Waals surface area contributed by atoms with Crippen molar-refractivity contribution >= 4 is 16.8 Å². The SMILES string of the molecule is O=C(N1CCCC(O)C1)N1CCC(S(=O)c2ccc(F)cc2)C1. The monoisotopic (exact) mass is 340 g/mol. The van der Waals surface area contributed by atoms with E-state index in [2.05, 4.69) is 0 Å². The van der Waals surface area contributed by atoms with Gasteiger partial charge in [0.15, 0.2) is 0 Å². The molecule has 0 radical (unpaired) electrons. The molecule has 2 aliphatic heterocycles. The molecule has 23 heavy (non-hydrogen) atoms. The van der Waals surface area contributed by atoms with E-state index in [0.717, 1.165) is 12.8 Å². The maximum absolute atomic E-state index is 13.0. The Morgan fingerprint density at radius 1 is 1.13 bits per heavy atom. The van der Waals surface area contributed by atoms with E-state index < -0.39 is 16.9 Å². The number of halogens is 1. The first-order valence-electron chi connectivity index (χ1n) is 7.92. The third-order valence-electron chi connectivity index (χ3n) is 4.43. The lowest BCUT2D eigenvalue weighted by Crippen LogP contribution is -2.48. The number of piperidine rings is 1. The van der Waals surface area contributed by atoms with Gasteiger partial charge in [0.1, 0.15) is 5.82 Å². The minimum Gasteiger partial charge on any atom is -0.391 e. The van der Waals surface area contributed by atoms with Crippen molar-refractivity contribution < 1.29 is 18.5 Å². The third-order valence-corrected chi connectivity index (χ3v) is 6.16. The molecular formula is C16H21FN2O3S. The molecule has 126 valence electrons. The predicted molar refractivity (Wildman–Crippen MR) is 85.0 cm³/mol. The first-order valence-corrected chi connectivity index (χ1v) is 9.14. The van der Waals surface area contributed by atoms with Crippen LogP contribution in [-0.4, -0.2) is 62.7 Å². The Bertz CT molecular complexity index is 595. The molecule has 1 N–H and O–H groups in total. The third kappa shape index (κ3) is 3.72. The number of rotatable bonds is 2. The smallest absolute Gasteiger partial charge is 0.320 e. The van der Waals surface area contributed by atoms with Crippen molar-refractivity contribution in [2.75, 3.05) is 26.2 Å². The van der Waals surface area contributed by atoms with Gasteiger partial charge in [-0.25, -0.2) is 9.18 Å². The fraction of sp³-hybridized carbons (Fsp3) is 0.562.